The molecule has 0 atom stereocenters. The first-order chi connectivity index (χ1) is 7.98. The van der Waals surface area contributed by atoms with Gasteiger partial charge in [0.25, 0.3) is 0 Å². The summed E-state index contributed by atoms with van der Waals surface area (Å²) in [5.74, 6) is 0.170. The van der Waals surface area contributed by atoms with E-state index in [1.807, 2.05) is 27.0 Å². The average Bonchev–Trinajstić information content (AvgIpc) is 2.49. The predicted octanol–water partition coefficient (Wildman–Crippen LogP) is 1.83. The van der Waals surface area contributed by atoms with Gasteiger partial charge in [0.05, 0.1) is 5.41 Å². The molecule has 92 valence electrons. The van der Waals surface area contributed by atoms with Gasteiger partial charge >= 0.3 is 0 Å². The lowest BCUT2D eigenvalue weighted by Crippen LogP contribution is -2.33. The third-order valence-corrected chi connectivity index (χ3v) is 3.60. The second-order valence-electron chi connectivity index (χ2n) is 5.23. The van der Waals surface area contributed by atoms with Crippen molar-refractivity contribution in [3.05, 3.63) is 29.3 Å². The monoisotopic (exact) mass is 232 g/mol. The minimum atomic E-state index is -0.400. The molecule has 0 aliphatic carbocycles. The highest BCUT2D eigenvalue weighted by molar-refractivity contribution is 6.07. The van der Waals surface area contributed by atoms with Crippen LogP contribution in [0.2, 0.25) is 0 Å². The van der Waals surface area contributed by atoms with Crippen molar-refractivity contribution >= 4 is 11.6 Å². The summed E-state index contributed by atoms with van der Waals surface area (Å²) in [7, 11) is 1.84. The Morgan fingerprint density at radius 3 is 2.71 bits per heavy atom. The number of nitrogens with zero attached hydrogens (tertiary/aromatic N) is 1. The molecule has 1 heterocycles. The minimum Gasteiger partial charge on any atom is -0.330 e. The summed E-state index contributed by atoms with van der Waals surface area (Å²) >= 11 is 0. The standard InChI is InChI=1S/C14H20N2O/c1-14(2)11-9-10(5-4-8-15)6-7-12(11)16(3)13(14)17/h6-7,9H,4-5,8,15H2,1-3H3. The Kier molecular flexibility index (Phi) is 2.96. The molecule has 1 aromatic rings. The molecule has 0 spiro atoms. The second kappa shape index (κ2) is 4.15. The van der Waals surface area contributed by atoms with E-state index in [2.05, 4.69) is 12.1 Å². The summed E-state index contributed by atoms with van der Waals surface area (Å²) in [5.41, 5.74) is 8.57. The molecule has 0 bridgehead atoms. The Balaban J connectivity index is 2.40. The first-order valence-electron chi connectivity index (χ1n) is 6.10. The summed E-state index contributed by atoms with van der Waals surface area (Å²) in [6, 6.07) is 6.31. The highest BCUT2D eigenvalue weighted by atomic mass is 16.2. The van der Waals surface area contributed by atoms with Gasteiger partial charge in [-0.25, -0.2) is 0 Å². The van der Waals surface area contributed by atoms with Crippen LogP contribution in [-0.2, 0) is 16.6 Å². The molecule has 1 aliphatic rings. The summed E-state index contributed by atoms with van der Waals surface area (Å²) in [4.78, 5) is 13.9. The lowest BCUT2D eigenvalue weighted by molar-refractivity contribution is -0.121. The van der Waals surface area contributed by atoms with Gasteiger partial charge in [-0.05, 0) is 50.4 Å². The molecule has 0 radical (unpaired) electrons. The number of hydrogen-bond acceptors (Lipinski definition) is 2. The molecule has 0 saturated carbocycles. The maximum Gasteiger partial charge on any atom is 0.236 e. The number of anilines is 1. The molecule has 1 aromatic carbocycles. The van der Waals surface area contributed by atoms with Gasteiger partial charge in [0, 0.05) is 12.7 Å². The van der Waals surface area contributed by atoms with E-state index in [9.17, 15) is 4.79 Å². The van der Waals surface area contributed by atoms with Gasteiger partial charge in [-0.1, -0.05) is 12.1 Å². The van der Waals surface area contributed by atoms with E-state index in [1.165, 1.54) is 5.56 Å². The molecule has 3 nitrogen and oxygen atoms in total. The maximum absolute atomic E-state index is 12.1. The van der Waals surface area contributed by atoms with Crippen molar-refractivity contribution in [1.29, 1.82) is 0 Å². The number of hydrogen-bond donors (Lipinski definition) is 1. The van der Waals surface area contributed by atoms with Gasteiger partial charge in [0.1, 0.15) is 0 Å². The lowest BCUT2D eigenvalue weighted by Gasteiger charge is -2.16. The Labute approximate surface area is 103 Å². The number of likely N-dealkylation sites (N-methyl/N-ethyl adjacent to an activating group) is 1. The Morgan fingerprint density at radius 2 is 2.06 bits per heavy atom. The van der Waals surface area contributed by atoms with Crippen molar-refractivity contribution < 1.29 is 4.79 Å². The van der Waals surface area contributed by atoms with Crippen LogP contribution < -0.4 is 10.6 Å². The third kappa shape index (κ3) is 1.84. The molecule has 0 saturated heterocycles. The first-order valence-corrected chi connectivity index (χ1v) is 6.10. The van der Waals surface area contributed by atoms with Crippen molar-refractivity contribution in [3.63, 3.8) is 0 Å². The van der Waals surface area contributed by atoms with E-state index in [0.29, 0.717) is 6.54 Å². The Hall–Kier alpha value is -1.35. The molecule has 2 rings (SSSR count). The molecular formula is C14H20N2O. The van der Waals surface area contributed by atoms with E-state index >= 15 is 0 Å². The SMILES string of the molecule is CN1C(=O)C(C)(C)c2cc(CCCN)ccc21. The van der Waals surface area contributed by atoms with Gasteiger partial charge in [-0.2, -0.15) is 0 Å². The van der Waals surface area contributed by atoms with Crippen molar-refractivity contribution in [2.75, 3.05) is 18.5 Å². The summed E-state index contributed by atoms with van der Waals surface area (Å²) in [6.45, 7) is 4.69. The molecule has 2 N–H and O–H groups in total. The number of rotatable bonds is 3. The fourth-order valence-corrected chi connectivity index (χ4v) is 2.48. The molecule has 1 amide bonds. The van der Waals surface area contributed by atoms with Crippen LogP contribution in [0.15, 0.2) is 18.2 Å². The van der Waals surface area contributed by atoms with Crippen molar-refractivity contribution in [1.82, 2.24) is 0 Å². The number of aryl methyl sites for hydroxylation is 1. The van der Waals surface area contributed by atoms with Crippen LogP contribution in [0.25, 0.3) is 0 Å². The van der Waals surface area contributed by atoms with Gasteiger partial charge in [-0.3, -0.25) is 4.79 Å². The minimum absolute atomic E-state index is 0.170. The zero-order valence-electron chi connectivity index (χ0n) is 10.8. The van der Waals surface area contributed by atoms with Gasteiger partial charge in [-0.15, -0.1) is 0 Å². The number of nitrogens with two attached hydrogens (primary N) is 1. The van der Waals surface area contributed by atoms with Crippen LogP contribution in [0.5, 0.6) is 0 Å². The van der Waals surface area contributed by atoms with Crippen LogP contribution in [0.1, 0.15) is 31.4 Å². The van der Waals surface area contributed by atoms with Crippen LogP contribution in [0.3, 0.4) is 0 Å². The highest BCUT2D eigenvalue weighted by Gasteiger charge is 2.41. The molecule has 1 aliphatic heterocycles. The number of carbonyl (C=O) groups is 1. The van der Waals surface area contributed by atoms with Crippen LogP contribution in [-0.4, -0.2) is 19.5 Å². The fourth-order valence-electron chi connectivity index (χ4n) is 2.48. The van der Waals surface area contributed by atoms with E-state index in [-0.39, 0.29) is 5.91 Å². The smallest absolute Gasteiger partial charge is 0.236 e. The second-order valence-corrected chi connectivity index (χ2v) is 5.23. The molecule has 17 heavy (non-hydrogen) atoms. The van der Waals surface area contributed by atoms with Crippen molar-refractivity contribution in [2.45, 2.75) is 32.1 Å². The van der Waals surface area contributed by atoms with Gasteiger partial charge in [0.15, 0.2) is 0 Å². The highest BCUT2D eigenvalue weighted by Crippen LogP contribution is 2.41. The molecule has 0 aromatic heterocycles. The molecule has 0 unspecified atom stereocenters. The zero-order valence-corrected chi connectivity index (χ0v) is 10.8. The normalized spacial score (nSPS) is 17.4. The van der Waals surface area contributed by atoms with Gasteiger partial charge < -0.3 is 10.6 Å². The summed E-state index contributed by atoms with van der Waals surface area (Å²) in [5, 5.41) is 0. The average molecular weight is 232 g/mol. The quantitative estimate of drug-likeness (QED) is 0.864. The lowest BCUT2D eigenvalue weighted by atomic mass is 9.85. The van der Waals surface area contributed by atoms with Crippen LogP contribution >= 0.6 is 0 Å². The zero-order chi connectivity index (χ0) is 12.6. The van der Waals surface area contributed by atoms with E-state index < -0.39 is 5.41 Å². The summed E-state index contributed by atoms with van der Waals surface area (Å²) < 4.78 is 0. The molecule has 0 fully saturated rings. The largest absolute Gasteiger partial charge is 0.330 e. The topological polar surface area (TPSA) is 46.3 Å². The number of amides is 1. The first kappa shape index (κ1) is 12.1. The maximum atomic E-state index is 12.1. The van der Waals surface area contributed by atoms with Crippen molar-refractivity contribution in [3.8, 4) is 0 Å². The number of carbonyl (C=O) groups excluding carboxylic acids is 1. The number of benzene rings is 1. The van der Waals surface area contributed by atoms with Crippen molar-refractivity contribution in [2.24, 2.45) is 5.73 Å². The third-order valence-electron chi connectivity index (χ3n) is 3.60. The number of fused-ring (bicyclic) bond motifs is 1. The Morgan fingerprint density at radius 1 is 1.35 bits per heavy atom. The predicted molar refractivity (Wildman–Crippen MR) is 70.3 cm³/mol. The van der Waals surface area contributed by atoms with Gasteiger partial charge in [0.2, 0.25) is 5.91 Å². The fraction of sp³-hybridized carbons (Fsp3) is 0.500. The van der Waals surface area contributed by atoms with Crippen LogP contribution in [0.4, 0.5) is 5.69 Å². The van der Waals surface area contributed by atoms with E-state index in [0.717, 1.165) is 24.1 Å². The van der Waals surface area contributed by atoms with Crippen LogP contribution in [0, 0.1) is 0 Å². The summed E-state index contributed by atoms with van der Waals surface area (Å²) in [6.07, 6.45) is 1.97. The van der Waals surface area contributed by atoms with E-state index in [1.54, 1.807) is 4.90 Å². The molecule has 3 heteroatoms. The molecular weight excluding hydrogens is 212 g/mol. The van der Waals surface area contributed by atoms with E-state index in [4.69, 9.17) is 5.73 Å². The Bertz CT molecular complexity index is 452.